The Morgan fingerprint density at radius 2 is 1.88 bits per heavy atom. The third-order valence-electron chi connectivity index (χ3n) is 4.23. The van der Waals surface area contributed by atoms with E-state index in [-0.39, 0.29) is 5.91 Å². The highest BCUT2D eigenvalue weighted by molar-refractivity contribution is 5.97. The standard InChI is InChI=1S/C21H19N3O2/c25-21(18-14-16-6-1-2-9-17(16)24-18)23-12-5-13-26-19-10-3-7-15-8-4-11-22-20(15)19/h1-4,6-11,14,24H,5,12-13H2,(H,23,25). The Balaban J connectivity index is 1.29. The fourth-order valence-corrected chi connectivity index (χ4v) is 2.94. The number of aromatic nitrogens is 2. The highest BCUT2D eigenvalue weighted by atomic mass is 16.5. The molecule has 5 nitrogen and oxygen atoms in total. The first-order valence-corrected chi connectivity index (χ1v) is 8.64. The summed E-state index contributed by atoms with van der Waals surface area (Å²) in [5, 5.41) is 5.00. The number of fused-ring (bicyclic) bond motifs is 2. The highest BCUT2D eigenvalue weighted by Crippen LogP contribution is 2.22. The summed E-state index contributed by atoms with van der Waals surface area (Å²) < 4.78 is 5.83. The van der Waals surface area contributed by atoms with E-state index in [0.29, 0.717) is 18.8 Å². The number of hydrogen-bond acceptors (Lipinski definition) is 3. The first kappa shape index (κ1) is 16.1. The van der Waals surface area contributed by atoms with Crippen LogP contribution >= 0.6 is 0 Å². The molecule has 2 heterocycles. The van der Waals surface area contributed by atoms with Crippen LogP contribution in [0.2, 0.25) is 0 Å². The molecular formula is C21H19N3O2. The van der Waals surface area contributed by atoms with Crippen molar-refractivity contribution >= 4 is 27.7 Å². The van der Waals surface area contributed by atoms with E-state index in [1.54, 1.807) is 6.20 Å². The average Bonchev–Trinajstić information content (AvgIpc) is 3.12. The van der Waals surface area contributed by atoms with Crippen molar-refractivity contribution in [3.8, 4) is 5.75 Å². The molecule has 0 unspecified atom stereocenters. The van der Waals surface area contributed by atoms with Gasteiger partial charge in [-0.2, -0.15) is 0 Å². The Bertz CT molecular complexity index is 1020. The van der Waals surface area contributed by atoms with Crippen LogP contribution in [-0.4, -0.2) is 29.0 Å². The number of ether oxygens (including phenoxy) is 1. The lowest BCUT2D eigenvalue weighted by atomic mass is 10.2. The van der Waals surface area contributed by atoms with Crippen molar-refractivity contribution in [2.45, 2.75) is 6.42 Å². The van der Waals surface area contributed by atoms with Crippen LogP contribution < -0.4 is 10.1 Å². The Labute approximate surface area is 151 Å². The molecular weight excluding hydrogens is 326 g/mol. The van der Waals surface area contributed by atoms with Gasteiger partial charge >= 0.3 is 0 Å². The maximum absolute atomic E-state index is 12.2. The van der Waals surface area contributed by atoms with Crippen LogP contribution in [-0.2, 0) is 0 Å². The lowest BCUT2D eigenvalue weighted by Crippen LogP contribution is -2.25. The van der Waals surface area contributed by atoms with E-state index in [1.807, 2.05) is 60.7 Å². The van der Waals surface area contributed by atoms with Gasteiger partial charge in [-0.25, -0.2) is 0 Å². The van der Waals surface area contributed by atoms with Gasteiger partial charge in [-0.3, -0.25) is 9.78 Å². The molecule has 130 valence electrons. The van der Waals surface area contributed by atoms with Crippen LogP contribution in [0.1, 0.15) is 16.9 Å². The number of benzene rings is 2. The first-order chi connectivity index (χ1) is 12.8. The van der Waals surface area contributed by atoms with Gasteiger partial charge in [0, 0.05) is 29.0 Å². The summed E-state index contributed by atoms with van der Waals surface area (Å²) in [6.07, 6.45) is 2.48. The molecule has 2 N–H and O–H groups in total. The van der Waals surface area contributed by atoms with Crippen molar-refractivity contribution < 1.29 is 9.53 Å². The van der Waals surface area contributed by atoms with Gasteiger partial charge in [-0.05, 0) is 30.7 Å². The summed E-state index contributed by atoms with van der Waals surface area (Å²) in [5.41, 5.74) is 2.40. The average molecular weight is 345 g/mol. The number of amides is 1. The molecule has 2 aromatic carbocycles. The molecule has 0 aliphatic rings. The van der Waals surface area contributed by atoms with Gasteiger partial charge in [0.05, 0.1) is 6.61 Å². The second-order valence-corrected chi connectivity index (χ2v) is 6.06. The Hall–Kier alpha value is -3.34. The number of rotatable bonds is 6. The van der Waals surface area contributed by atoms with Crippen molar-refractivity contribution in [2.75, 3.05) is 13.2 Å². The molecule has 0 bridgehead atoms. The summed E-state index contributed by atoms with van der Waals surface area (Å²) >= 11 is 0. The minimum Gasteiger partial charge on any atom is -0.491 e. The van der Waals surface area contributed by atoms with Gasteiger partial charge in [0.1, 0.15) is 17.0 Å². The van der Waals surface area contributed by atoms with E-state index < -0.39 is 0 Å². The molecule has 26 heavy (non-hydrogen) atoms. The third kappa shape index (κ3) is 3.37. The summed E-state index contributed by atoms with van der Waals surface area (Å²) in [6, 6.07) is 19.5. The summed E-state index contributed by atoms with van der Waals surface area (Å²) in [5.74, 6) is 0.665. The molecule has 4 aromatic rings. The van der Waals surface area contributed by atoms with Gasteiger partial charge in [0.25, 0.3) is 5.91 Å². The van der Waals surface area contributed by atoms with Crippen molar-refractivity contribution in [1.29, 1.82) is 0 Å². The molecule has 0 aliphatic heterocycles. The quantitative estimate of drug-likeness (QED) is 0.521. The number of H-pyrrole nitrogens is 1. The smallest absolute Gasteiger partial charge is 0.267 e. The number of aromatic amines is 1. The SMILES string of the molecule is O=C(NCCCOc1cccc2cccnc12)c1cc2ccccc2[nH]1. The second kappa shape index (κ2) is 7.27. The molecule has 0 atom stereocenters. The predicted octanol–water partition coefficient (Wildman–Crippen LogP) is 3.92. The van der Waals surface area contributed by atoms with Crippen LogP contribution in [0.5, 0.6) is 5.75 Å². The van der Waals surface area contributed by atoms with Crippen LogP contribution in [0, 0.1) is 0 Å². The number of nitrogens with zero attached hydrogens (tertiary/aromatic N) is 1. The minimum atomic E-state index is -0.104. The zero-order valence-corrected chi connectivity index (χ0v) is 14.2. The van der Waals surface area contributed by atoms with E-state index in [9.17, 15) is 4.79 Å². The lowest BCUT2D eigenvalue weighted by Gasteiger charge is -2.09. The normalized spacial score (nSPS) is 10.9. The largest absolute Gasteiger partial charge is 0.491 e. The zero-order chi connectivity index (χ0) is 17.8. The fraction of sp³-hybridized carbons (Fsp3) is 0.143. The van der Waals surface area contributed by atoms with Gasteiger partial charge in [-0.1, -0.05) is 36.4 Å². The molecule has 0 fully saturated rings. The summed E-state index contributed by atoms with van der Waals surface area (Å²) in [6.45, 7) is 1.06. The van der Waals surface area contributed by atoms with Gasteiger partial charge in [-0.15, -0.1) is 0 Å². The molecule has 4 rings (SSSR count). The predicted molar refractivity (Wildman–Crippen MR) is 102 cm³/mol. The molecule has 1 amide bonds. The third-order valence-corrected chi connectivity index (χ3v) is 4.23. The van der Waals surface area contributed by atoms with Gasteiger partial charge in [0.2, 0.25) is 0 Å². The van der Waals surface area contributed by atoms with Crippen molar-refractivity contribution in [3.63, 3.8) is 0 Å². The first-order valence-electron chi connectivity index (χ1n) is 8.64. The molecule has 0 saturated carbocycles. The van der Waals surface area contributed by atoms with Crippen molar-refractivity contribution in [2.24, 2.45) is 0 Å². The minimum absolute atomic E-state index is 0.104. The number of hydrogen-bond donors (Lipinski definition) is 2. The summed E-state index contributed by atoms with van der Waals surface area (Å²) in [4.78, 5) is 19.7. The maximum atomic E-state index is 12.2. The Kier molecular flexibility index (Phi) is 4.51. The van der Waals surface area contributed by atoms with E-state index in [4.69, 9.17) is 4.74 Å². The van der Waals surface area contributed by atoms with E-state index in [1.165, 1.54) is 0 Å². The topological polar surface area (TPSA) is 67.0 Å². The second-order valence-electron chi connectivity index (χ2n) is 6.06. The number of pyridine rings is 1. The van der Waals surface area contributed by atoms with E-state index in [0.717, 1.165) is 34.0 Å². The monoisotopic (exact) mass is 345 g/mol. The summed E-state index contributed by atoms with van der Waals surface area (Å²) in [7, 11) is 0. The maximum Gasteiger partial charge on any atom is 0.267 e. The molecule has 0 radical (unpaired) electrons. The molecule has 0 spiro atoms. The van der Waals surface area contributed by atoms with E-state index in [2.05, 4.69) is 15.3 Å². The number of carbonyl (C=O) groups is 1. The molecule has 0 aliphatic carbocycles. The lowest BCUT2D eigenvalue weighted by molar-refractivity contribution is 0.0947. The van der Waals surface area contributed by atoms with Crippen molar-refractivity contribution in [3.05, 3.63) is 72.6 Å². The molecule has 0 saturated heterocycles. The molecule has 2 aromatic heterocycles. The molecule has 5 heteroatoms. The van der Waals surface area contributed by atoms with Crippen LogP contribution in [0.15, 0.2) is 66.9 Å². The van der Waals surface area contributed by atoms with Crippen LogP contribution in [0.3, 0.4) is 0 Å². The Morgan fingerprint density at radius 3 is 2.81 bits per heavy atom. The van der Waals surface area contributed by atoms with Gasteiger partial charge in [0.15, 0.2) is 0 Å². The van der Waals surface area contributed by atoms with Crippen molar-refractivity contribution in [1.82, 2.24) is 15.3 Å². The van der Waals surface area contributed by atoms with Crippen LogP contribution in [0.4, 0.5) is 0 Å². The highest BCUT2D eigenvalue weighted by Gasteiger charge is 2.08. The Morgan fingerprint density at radius 1 is 1.04 bits per heavy atom. The van der Waals surface area contributed by atoms with E-state index >= 15 is 0 Å². The number of nitrogens with one attached hydrogen (secondary N) is 2. The zero-order valence-electron chi connectivity index (χ0n) is 14.2. The van der Waals surface area contributed by atoms with Gasteiger partial charge < -0.3 is 15.0 Å². The number of para-hydroxylation sites is 2. The fourth-order valence-electron chi connectivity index (χ4n) is 2.94. The number of carbonyl (C=O) groups excluding carboxylic acids is 1. The van der Waals surface area contributed by atoms with Crippen LogP contribution in [0.25, 0.3) is 21.8 Å².